The summed E-state index contributed by atoms with van der Waals surface area (Å²) >= 11 is 0. The first-order valence-corrected chi connectivity index (χ1v) is 6.38. The highest BCUT2D eigenvalue weighted by atomic mass is 16.5. The summed E-state index contributed by atoms with van der Waals surface area (Å²) in [5.74, 6) is 6.96. The summed E-state index contributed by atoms with van der Waals surface area (Å²) in [4.78, 5) is 0. The molecule has 0 amide bonds. The molecule has 1 atom stereocenters. The second-order valence-corrected chi connectivity index (χ2v) is 4.66. The van der Waals surface area contributed by atoms with Gasteiger partial charge in [0.15, 0.2) is 0 Å². The molecule has 0 bridgehead atoms. The lowest BCUT2D eigenvalue weighted by Gasteiger charge is -2.20. The number of rotatable bonds is 7. The number of unbranched alkanes of at least 4 members (excludes halogenated alkanes) is 1. The fourth-order valence-corrected chi connectivity index (χ4v) is 1.78. The van der Waals surface area contributed by atoms with Gasteiger partial charge in [-0.2, -0.15) is 0 Å². The van der Waals surface area contributed by atoms with Crippen molar-refractivity contribution < 1.29 is 4.74 Å². The summed E-state index contributed by atoms with van der Waals surface area (Å²) in [6, 6.07) is 8.37. The first-order valence-electron chi connectivity index (χ1n) is 6.38. The van der Waals surface area contributed by atoms with E-state index in [0.717, 1.165) is 25.2 Å². The van der Waals surface area contributed by atoms with E-state index in [1.165, 1.54) is 5.56 Å². The molecule has 0 saturated heterocycles. The van der Waals surface area contributed by atoms with Crippen LogP contribution in [0.2, 0.25) is 0 Å². The highest BCUT2D eigenvalue weighted by Gasteiger charge is 2.13. The normalized spacial score (nSPS) is 12.8. The molecule has 0 aliphatic carbocycles. The van der Waals surface area contributed by atoms with E-state index < -0.39 is 0 Å². The van der Waals surface area contributed by atoms with Gasteiger partial charge in [-0.15, -0.1) is 0 Å². The lowest BCUT2D eigenvalue weighted by Crippen LogP contribution is -2.31. The van der Waals surface area contributed by atoms with Crippen molar-refractivity contribution in [2.75, 3.05) is 6.61 Å². The van der Waals surface area contributed by atoms with Crippen LogP contribution in [-0.4, -0.2) is 6.61 Å². The van der Waals surface area contributed by atoms with Crippen LogP contribution in [0, 0.1) is 5.92 Å². The van der Waals surface area contributed by atoms with Gasteiger partial charge in [0, 0.05) is 6.04 Å². The van der Waals surface area contributed by atoms with E-state index in [9.17, 15) is 0 Å². The van der Waals surface area contributed by atoms with E-state index in [4.69, 9.17) is 10.6 Å². The van der Waals surface area contributed by atoms with E-state index in [1.807, 2.05) is 12.1 Å². The third-order valence-corrected chi connectivity index (χ3v) is 2.85. The standard InChI is InChI=1S/C14H24N2O/c1-4-5-10-17-13-8-6-12(7-9-13)14(16-15)11(2)3/h6-9,11,14,16H,4-5,10,15H2,1-3H3. The SMILES string of the molecule is CCCCOc1ccc(C(NN)C(C)C)cc1. The molecule has 1 rings (SSSR count). The Balaban J connectivity index is 2.60. The van der Waals surface area contributed by atoms with Crippen LogP contribution >= 0.6 is 0 Å². The summed E-state index contributed by atoms with van der Waals surface area (Å²) in [5, 5.41) is 0. The third kappa shape index (κ3) is 4.36. The minimum absolute atomic E-state index is 0.194. The van der Waals surface area contributed by atoms with Crippen molar-refractivity contribution in [1.29, 1.82) is 0 Å². The predicted molar refractivity (Wildman–Crippen MR) is 71.7 cm³/mol. The van der Waals surface area contributed by atoms with Crippen molar-refractivity contribution in [1.82, 2.24) is 5.43 Å². The number of nitrogens with one attached hydrogen (secondary N) is 1. The highest BCUT2D eigenvalue weighted by molar-refractivity contribution is 5.29. The van der Waals surface area contributed by atoms with Gasteiger partial charge in [0.05, 0.1) is 6.61 Å². The maximum Gasteiger partial charge on any atom is 0.119 e. The minimum Gasteiger partial charge on any atom is -0.494 e. The van der Waals surface area contributed by atoms with Crippen molar-refractivity contribution >= 4 is 0 Å². The molecular weight excluding hydrogens is 212 g/mol. The zero-order chi connectivity index (χ0) is 12.7. The zero-order valence-corrected chi connectivity index (χ0v) is 11.1. The van der Waals surface area contributed by atoms with Crippen LogP contribution in [-0.2, 0) is 0 Å². The van der Waals surface area contributed by atoms with E-state index in [-0.39, 0.29) is 6.04 Å². The molecule has 1 unspecified atom stereocenters. The maximum atomic E-state index is 5.62. The fraction of sp³-hybridized carbons (Fsp3) is 0.571. The topological polar surface area (TPSA) is 47.3 Å². The average Bonchev–Trinajstić information content (AvgIpc) is 2.32. The van der Waals surface area contributed by atoms with Gasteiger partial charge in [0.2, 0.25) is 0 Å². The maximum absolute atomic E-state index is 5.62. The Morgan fingerprint density at radius 3 is 2.35 bits per heavy atom. The molecule has 0 aliphatic rings. The number of nitrogens with two attached hydrogens (primary N) is 1. The summed E-state index contributed by atoms with van der Waals surface area (Å²) in [6.07, 6.45) is 2.26. The zero-order valence-electron chi connectivity index (χ0n) is 11.1. The number of hydrazine groups is 1. The smallest absolute Gasteiger partial charge is 0.119 e. The molecule has 0 spiro atoms. The molecule has 0 fully saturated rings. The summed E-state index contributed by atoms with van der Waals surface area (Å²) < 4.78 is 5.62. The van der Waals surface area contributed by atoms with Gasteiger partial charge in [0.1, 0.15) is 5.75 Å². The van der Waals surface area contributed by atoms with Crippen LogP contribution in [0.3, 0.4) is 0 Å². The number of hydrogen-bond donors (Lipinski definition) is 2. The summed E-state index contributed by atoms with van der Waals surface area (Å²) in [6.45, 7) is 7.25. The van der Waals surface area contributed by atoms with E-state index in [1.54, 1.807) is 0 Å². The van der Waals surface area contributed by atoms with Gasteiger partial charge in [-0.1, -0.05) is 39.3 Å². The molecule has 0 aromatic heterocycles. The Labute approximate surface area is 104 Å². The highest BCUT2D eigenvalue weighted by Crippen LogP contribution is 2.23. The van der Waals surface area contributed by atoms with Crippen LogP contribution < -0.4 is 16.0 Å². The molecule has 3 heteroatoms. The second-order valence-electron chi connectivity index (χ2n) is 4.66. The Morgan fingerprint density at radius 1 is 1.24 bits per heavy atom. The van der Waals surface area contributed by atoms with Crippen LogP contribution in [0.5, 0.6) is 5.75 Å². The molecule has 0 radical (unpaired) electrons. The van der Waals surface area contributed by atoms with Crippen molar-refractivity contribution in [3.05, 3.63) is 29.8 Å². The summed E-state index contributed by atoms with van der Waals surface area (Å²) in [7, 11) is 0. The molecule has 0 saturated carbocycles. The van der Waals surface area contributed by atoms with Gasteiger partial charge < -0.3 is 4.74 Å². The van der Waals surface area contributed by atoms with Gasteiger partial charge >= 0.3 is 0 Å². The molecule has 3 nitrogen and oxygen atoms in total. The first-order chi connectivity index (χ1) is 8.19. The summed E-state index contributed by atoms with van der Waals surface area (Å²) in [5.41, 5.74) is 4.05. The molecule has 0 heterocycles. The van der Waals surface area contributed by atoms with Gasteiger partial charge in [-0.05, 0) is 30.0 Å². The molecule has 3 N–H and O–H groups in total. The number of hydrogen-bond acceptors (Lipinski definition) is 3. The van der Waals surface area contributed by atoms with Crippen LogP contribution in [0.4, 0.5) is 0 Å². The number of ether oxygens (including phenoxy) is 1. The Hall–Kier alpha value is -1.06. The van der Waals surface area contributed by atoms with Crippen molar-refractivity contribution in [3.8, 4) is 5.75 Å². The van der Waals surface area contributed by atoms with Crippen molar-refractivity contribution in [3.63, 3.8) is 0 Å². The second kappa shape index (κ2) is 7.30. The molecular formula is C14H24N2O. The molecule has 0 aliphatic heterocycles. The van der Waals surface area contributed by atoms with Crippen molar-refractivity contribution in [2.45, 2.75) is 39.7 Å². The van der Waals surface area contributed by atoms with Crippen LogP contribution in [0.25, 0.3) is 0 Å². The molecule has 1 aromatic carbocycles. The van der Waals surface area contributed by atoms with E-state index in [2.05, 4.69) is 38.3 Å². The Bertz CT molecular complexity index is 309. The average molecular weight is 236 g/mol. The molecule has 1 aromatic rings. The Kier molecular flexibility index (Phi) is 6.01. The Morgan fingerprint density at radius 2 is 1.88 bits per heavy atom. The van der Waals surface area contributed by atoms with E-state index in [0.29, 0.717) is 5.92 Å². The number of benzene rings is 1. The minimum atomic E-state index is 0.194. The molecule has 17 heavy (non-hydrogen) atoms. The fourth-order valence-electron chi connectivity index (χ4n) is 1.78. The predicted octanol–water partition coefficient (Wildman–Crippen LogP) is 3.03. The van der Waals surface area contributed by atoms with Gasteiger partial charge in [0.25, 0.3) is 0 Å². The first kappa shape index (κ1) is 14.0. The van der Waals surface area contributed by atoms with Gasteiger partial charge in [-0.3, -0.25) is 11.3 Å². The van der Waals surface area contributed by atoms with Crippen LogP contribution in [0.15, 0.2) is 24.3 Å². The molecule has 96 valence electrons. The largest absolute Gasteiger partial charge is 0.494 e. The monoisotopic (exact) mass is 236 g/mol. The third-order valence-electron chi connectivity index (χ3n) is 2.85. The quantitative estimate of drug-likeness (QED) is 0.434. The van der Waals surface area contributed by atoms with Crippen molar-refractivity contribution in [2.24, 2.45) is 11.8 Å². The lowest BCUT2D eigenvalue weighted by atomic mass is 9.97. The lowest BCUT2D eigenvalue weighted by molar-refractivity contribution is 0.309. The van der Waals surface area contributed by atoms with Crippen LogP contribution in [0.1, 0.15) is 45.2 Å². The van der Waals surface area contributed by atoms with E-state index >= 15 is 0 Å². The van der Waals surface area contributed by atoms with Gasteiger partial charge in [-0.25, -0.2) is 0 Å².